The molecule has 0 aliphatic heterocycles. The lowest BCUT2D eigenvalue weighted by molar-refractivity contribution is 0.558. The Morgan fingerprint density at radius 1 is 1.18 bits per heavy atom. The van der Waals surface area contributed by atoms with Crippen molar-refractivity contribution in [3.63, 3.8) is 0 Å². The highest BCUT2D eigenvalue weighted by Gasteiger charge is 2.05. The highest BCUT2D eigenvalue weighted by molar-refractivity contribution is 5.23. The summed E-state index contributed by atoms with van der Waals surface area (Å²) in [6, 6.07) is 13.3. The minimum atomic E-state index is 0.380. The molecule has 1 aromatic heterocycles. The fourth-order valence-corrected chi connectivity index (χ4v) is 1.91. The quantitative estimate of drug-likeness (QED) is 0.850. The maximum atomic E-state index is 3.54. The maximum absolute atomic E-state index is 3.54. The molecule has 17 heavy (non-hydrogen) atoms. The molecular weight excluding hydrogens is 208 g/mol. The predicted molar refractivity (Wildman–Crippen MR) is 71.8 cm³/mol. The van der Waals surface area contributed by atoms with Crippen molar-refractivity contribution in [3.05, 3.63) is 59.4 Å². The lowest BCUT2D eigenvalue weighted by Gasteiger charge is -2.15. The Balaban J connectivity index is 1.95. The van der Waals surface area contributed by atoms with Gasteiger partial charge in [0.05, 0.1) is 0 Å². The summed E-state index contributed by atoms with van der Waals surface area (Å²) >= 11 is 0. The van der Waals surface area contributed by atoms with Gasteiger partial charge < -0.3 is 9.88 Å². The lowest BCUT2D eigenvalue weighted by atomic mass is 10.1. The third-order valence-corrected chi connectivity index (χ3v) is 3.22. The van der Waals surface area contributed by atoms with Gasteiger partial charge in [-0.15, -0.1) is 0 Å². The number of nitrogens with zero attached hydrogens (tertiary/aromatic N) is 1. The fourth-order valence-electron chi connectivity index (χ4n) is 1.91. The van der Waals surface area contributed by atoms with E-state index in [-0.39, 0.29) is 0 Å². The van der Waals surface area contributed by atoms with Crippen LogP contribution in [0.4, 0.5) is 0 Å². The Labute approximate surface area is 103 Å². The molecule has 2 nitrogen and oxygen atoms in total. The Hall–Kier alpha value is -1.54. The minimum absolute atomic E-state index is 0.380. The van der Waals surface area contributed by atoms with Crippen molar-refractivity contribution in [1.82, 2.24) is 9.88 Å². The highest BCUT2D eigenvalue weighted by atomic mass is 15.0. The molecule has 1 atom stereocenters. The predicted octanol–water partition coefficient (Wildman–Crippen LogP) is 3.18. The lowest BCUT2D eigenvalue weighted by Crippen LogP contribution is -2.19. The average Bonchev–Trinajstić information content (AvgIpc) is 2.73. The van der Waals surface area contributed by atoms with E-state index in [1.807, 2.05) is 0 Å². The first kappa shape index (κ1) is 11.9. The van der Waals surface area contributed by atoms with Crippen LogP contribution < -0.4 is 5.32 Å². The second kappa shape index (κ2) is 5.19. The molecular formula is C15H20N2. The fraction of sp³-hybridized carbons (Fsp3) is 0.333. The second-order valence-electron chi connectivity index (χ2n) is 4.62. The first-order valence-electron chi connectivity index (χ1n) is 6.07. The molecule has 2 rings (SSSR count). The highest BCUT2D eigenvalue weighted by Crippen LogP contribution is 2.13. The third kappa shape index (κ3) is 2.98. The van der Waals surface area contributed by atoms with E-state index in [0.717, 1.165) is 6.54 Å². The van der Waals surface area contributed by atoms with E-state index in [2.05, 4.69) is 73.4 Å². The summed E-state index contributed by atoms with van der Waals surface area (Å²) in [4.78, 5) is 0. The van der Waals surface area contributed by atoms with E-state index < -0.39 is 0 Å². The summed E-state index contributed by atoms with van der Waals surface area (Å²) in [7, 11) is 2.08. The number of nitrogens with one attached hydrogen (secondary N) is 1. The number of rotatable bonds is 4. The molecule has 0 bridgehead atoms. The molecule has 1 aromatic carbocycles. The van der Waals surface area contributed by atoms with Gasteiger partial charge in [0.25, 0.3) is 0 Å². The summed E-state index contributed by atoms with van der Waals surface area (Å²) in [6.45, 7) is 5.22. The van der Waals surface area contributed by atoms with Gasteiger partial charge in [-0.05, 0) is 31.5 Å². The van der Waals surface area contributed by atoms with Crippen LogP contribution in [0.5, 0.6) is 0 Å². The van der Waals surface area contributed by atoms with Crippen LogP contribution in [0.25, 0.3) is 0 Å². The summed E-state index contributed by atoms with van der Waals surface area (Å²) in [5.41, 5.74) is 3.96. The molecule has 2 aromatic rings. The molecule has 0 saturated carbocycles. The van der Waals surface area contributed by atoms with Gasteiger partial charge >= 0.3 is 0 Å². The van der Waals surface area contributed by atoms with Crippen LogP contribution in [0.3, 0.4) is 0 Å². The molecule has 0 aliphatic rings. The first-order valence-corrected chi connectivity index (χ1v) is 6.07. The number of aromatic nitrogens is 1. The van der Waals surface area contributed by atoms with E-state index in [0.29, 0.717) is 6.04 Å². The van der Waals surface area contributed by atoms with Crippen molar-refractivity contribution >= 4 is 0 Å². The van der Waals surface area contributed by atoms with E-state index in [4.69, 9.17) is 0 Å². The van der Waals surface area contributed by atoms with Crippen molar-refractivity contribution in [1.29, 1.82) is 0 Å². The third-order valence-electron chi connectivity index (χ3n) is 3.22. The normalized spacial score (nSPS) is 12.6. The van der Waals surface area contributed by atoms with Crippen LogP contribution in [0.15, 0.2) is 42.6 Å². The molecule has 0 saturated heterocycles. The van der Waals surface area contributed by atoms with E-state index in [1.54, 1.807) is 0 Å². The van der Waals surface area contributed by atoms with Crippen molar-refractivity contribution in [3.8, 4) is 0 Å². The number of hydrogen-bond acceptors (Lipinski definition) is 1. The van der Waals surface area contributed by atoms with Gasteiger partial charge in [0.1, 0.15) is 0 Å². The summed E-state index contributed by atoms with van der Waals surface area (Å²) in [5.74, 6) is 0. The number of aryl methyl sites for hydroxylation is 2. The van der Waals surface area contributed by atoms with Crippen LogP contribution in [-0.4, -0.2) is 4.57 Å². The zero-order chi connectivity index (χ0) is 12.3. The van der Waals surface area contributed by atoms with Gasteiger partial charge in [0, 0.05) is 31.5 Å². The van der Waals surface area contributed by atoms with Crippen LogP contribution in [0.1, 0.15) is 29.8 Å². The van der Waals surface area contributed by atoms with Crippen LogP contribution >= 0.6 is 0 Å². The van der Waals surface area contributed by atoms with E-state index >= 15 is 0 Å². The van der Waals surface area contributed by atoms with Crippen molar-refractivity contribution < 1.29 is 0 Å². The zero-order valence-corrected chi connectivity index (χ0v) is 10.8. The van der Waals surface area contributed by atoms with Crippen molar-refractivity contribution in [2.45, 2.75) is 26.4 Å². The Morgan fingerprint density at radius 2 is 1.88 bits per heavy atom. The molecule has 0 amide bonds. The Kier molecular flexibility index (Phi) is 3.64. The zero-order valence-electron chi connectivity index (χ0n) is 10.8. The van der Waals surface area contributed by atoms with Crippen molar-refractivity contribution in [2.24, 2.45) is 7.05 Å². The Bertz CT molecular complexity index is 468. The number of benzene rings is 1. The maximum Gasteiger partial charge on any atom is 0.0364 e. The standard InChI is InChI=1S/C15H20N2/c1-12-6-8-14(9-7-12)13(2)16-11-15-5-4-10-17(15)3/h4-10,13,16H,11H2,1-3H3/t13-/m0/s1. The first-order chi connectivity index (χ1) is 8.16. The summed E-state index contributed by atoms with van der Waals surface area (Å²) in [5, 5.41) is 3.54. The topological polar surface area (TPSA) is 17.0 Å². The van der Waals surface area contributed by atoms with Crippen molar-refractivity contribution in [2.75, 3.05) is 0 Å². The monoisotopic (exact) mass is 228 g/mol. The van der Waals surface area contributed by atoms with Gasteiger partial charge in [-0.2, -0.15) is 0 Å². The van der Waals surface area contributed by atoms with Crippen LogP contribution in [-0.2, 0) is 13.6 Å². The van der Waals surface area contributed by atoms with Gasteiger partial charge in [-0.25, -0.2) is 0 Å². The average molecular weight is 228 g/mol. The number of hydrogen-bond donors (Lipinski definition) is 1. The molecule has 1 N–H and O–H groups in total. The molecule has 0 aliphatic carbocycles. The summed E-state index contributed by atoms with van der Waals surface area (Å²) in [6.07, 6.45) is 2.08. The molecule has 0 radical (unpaired) electrons. The van der Waals surface area contributed by atoms with Gasteiger partial charge in [0.2, 0.25) is 0 Å². The smallest absolute Gasteiger partial charge is 0.0364 e. The van der Waals surface area contributed by atoms with E-state index in [1.165, 1.54) is 16.8 Å². The van der Waals surface area contributed by atoms with Crippen LogP contribution in [0.2, 0.25) is 0 Å². The SMILES string of the molecule is Cc1ccc([C@H](C)NCc2cccn2C)cc1. The van der Waals surface area contributed by atoms with E-state index in [9.17, 15) is 0 Å². The molecule has 0 fully saturated rings. The molecule has 0 unspecified atom stereocenters. The molecule has 2 heteroatoms. The second-order valence-corrected chi connectivity index (χ2v) is 4.62. The molecule has 90 valence electrons. The summed E-state index contributed by atoms with van der Waals surface area (Å²) < 4.78 is 2.15. The van der Waals surface area contributed by atoms with Gasteiger partial charge in [-0.3, -0.25) is 0 Å². The largest absolute Gasteiger partial charge is 0.353 e. The minimum Gasteiger partial charge on any atom is -0.353 e. The Morgan fingerprint density at radius 3 is 2.47 bits per heavy atom. The van der Waals surface area contributed by atoms with Crippen LogP contribution in [0, 0.1) is 6.92 Å². The molecule has 1 heterocycles. The van der Waals surface area contributed by atoms with Gasteiger partial charge in [0.15, 0.2) is 0 Å². The van der Waals surface area contributed by atoms with Gasteiger partial charge in [-0.1, -0.05) is 29.8 Å². The molecule has 0 spiro atoms.